The number of hydrogen-bond donors (Lipinski definition) is 0. The van der Waals surface area contributed by atoms with E-state index in [1.54, 1.807) is 0 Å². The molecule has 0 amide bonds. The molecule has 232 valence electrons. The van der Waals surface area contributed by atoms with Gasteiger partial charge in [0.05, 0.1) is 0 Å². The zero-order valence-corrected chi connectivity index (χ0v) is 27.5. The van der Waals surface area contributed by atoms with Gasteiger partial charge in [-0.15, -0.1) is 0 Å². The molecule has 0 atom stereocenters. The Morgan fingerprint density at radius 2 is 0.620 bits per heavy atom. The van der Waals surface area contributed by atoms with E-state index >= 15 is 0 Å². The Labute approximate surface area is 291 Å². The predicted molar refractivity (Wildman–Crippen MR) is 216 cm³/mol. The van der Waals surface area contributed by atoms with Crippen LogP contribution >= 0.6 is 0 Å². The molecule has 0 aliphatic heterocycles. The van der Waals surface area contributed by atoms with E-state index in [0.717, 1.165) is 0 Å². The van der Waals surface area contributed by atoms with Crippen molar-refractivity contribution in [1.29, 1.82) is 0 Å². The minimum Gasteiger partial charge on any atom is -0.0616 e. The summed E-state index contributed by atoms with van der Waals surface area (Å²) >= 11 is 0. The predicted octanol–water partition coefficient (Wildman–Crippen LogP) is 14.1. The molecule has 0 heterocycles. The van der Waals surface area contributed by atoms with Crippen LogP contribution in [0.2, 0.25) is 0 Å². The third-order valence-corrected chi connectivity index (χ3v) is 10.4. The molecule has 0 saturated heterocycles. The molecular formula is C50H32. The Kier molecular flexibility index (Phi) is 6.60. The summed E-state index contributed by atoms with van der Waals surface area (Å²) in [5, 5.41) is 12.8. The van der Waals surface area contributed by atoms with Crippen LogP contribution in [0.25, 0.3) is 98.4 Å². The van der Waals surface area contributed by atoms with Crippen LogP contribution in [0, 0.1) is 0 Å². The van der Waals surface area contributed by atoms with Crippen molar-refractivity contribution < 1.29 is 0 Å². The van der Waals surface area contributed by atoms with Gasteiger partial charge in [0.1, 0.15) is 0 Å². The first kappa shape index (κ1) is 28.5. The van der Waals surface area contributed by atoms with Gasteiger partial charge in [0.25, 0.3) is 0 Å². The van der Waals surface area contributed by atoms with E-state index in [1.165, 1.54) is 98.4 Å². The van der Waals surface area contributed by atoms with E-state index < -0.39 is 0 Å². The van der Waals surface area contributed by atoms with Gasteiger partial charge in [-0.3, -0.25) is 0 Å². The molecule has 0 saturated carbocycles. The second kappa shape index (κ2) is 11.6. The molecule has 10 rings (SSSR count). The summed E-state index contributed by atoms with van der Waals surface area (Å²) in [6.45, 7) is 0. The minimum absolute atomic E-state index is 1.22. The van der Waals surface area contributed by atoms with Gasteiger partial charge < -0.3 is 0 Å². The summed E-state index contributed by atoms with van der Waals surface area (Å²) in [6.07, 6.45) is 0. The first-order valence-electron chi connectivity index (χ1n) is 17.3. The smallest absolute Gasteiger partial charge is 0.00990 e. The van der Waals surface area contributed by atoms with Gasteiger partial charge in [0.15, 0.2) is 0 Å². The molecule has 0 nitrogen and oxygen atoms in total. The van der Waals surface area contributed by atoms with Crippen molar-refractivity contribution in [1.82, 2.24) is 0 Å². The topological polar surface area (TPSA) is 0 Å². The molecule has 0 aromatic heterocycles. The minimum atomic E-state index is 1.22. The first-order valence-corrected chi connectivity index (χ1v) is 17.3. The number of hydrogen-bond acceptors (Lipinski definition) is 0. The Balaban J connectivity index is 0.962. The van der Waals surface area contributed by atoms with Gasteiger partial charge >= 0.3 is 0 Å². The molecule has 0 heteroatoms. The average Bonchev–Trinajstić information content (AvgIpc) is 3.20. The Morgan fingerprint density at radius 3 is 1.32 bits per heavy atom. The molecule has 10 aromatic carbocycles. The van der Waals surface area contributed by atoms with E-state index in [2.05, 4.69) is 194 Å². The summed E-state index contributed by atoms with van der Waals surface area (Å²) in [4.78, 5) is 0. The molecule has 0 N–H and O–H groups in total. The van der Waals surface area contributed by atoms with E-state index in [4.69, 9.17) is 0 Å². The largest absolute Gasteiger partial charge is 0.0616 e. The highest BCUT2D eigenvalue weighted by molar-refractivity contribution is 6.18. The first-order chi connectivity index (χ1) is 24.7. The lowest BCUT2D eigenvalue weighted by molar-refractivity contribution is 1.59. The van der Waals surface area contributed by atoms with Gasteiger partial charge in [0.2, 0.25) is 0 Å². The molecule has 0 aliphatic carbocycles. The van der Waals surface area contributed by atoms with Crippen LogP contribution in [0.5, 0.6) is 0 Å². The standard InChI is InChI=1S/C50H32/c1-2-9-37-29-40(20-19-33(37)7-1)41-22-26-48-44(32-41)24-28-49-47-25-21-39(31-43(47)23-27-50(48)49)35-17-15-34(16-18-35)38-11-5-12-42(30-38)46-14-6-10-36-8-3-4-13-45(36)46/h1-32H. The zero-order valence-electron chi connectivity index (χ0n) is 27.5. The molecule has 0 bridgehead atoms. The quantitative estimate of drug-likeness (QED) is 0.169. The van der Waals surface area contributed by atoms with Crippen molar-refractivity contribution in [2.75, 3.05) is 0 Å². The van der Waals surface area contributed by atoms with Crippen LogP contribution in [0.1, 0.15) is 0 Å². The SMILES string of the molecule is c1cc(-c2ccc(-c3ccc4c(ccc5c6ccc(-c7ccc8ccccc8c7)cc6ccc45)c3)cc2)cc(-c2cccc3ccccc23)c1. The lowest BCUT2D eigenvalue weighted by Crippen LogP contribution is -1.85. The third kappa shape index (κ3) is 4.85. The highest BCUT2D eigenvalue weighted by atomic mass is 14.1. The van der Waals surface area contributed by atoms with Crippen LogP contribution in [0.4, 0.5) is 0 Å². The molecule has 0 fully saturated rings. The van der Waals surface area contributed by atoms with Gasteiger partial charge in [-0.05, 0) is 123 Å². The summed E-state index contributed by atoms with van der Waals surface area (Å²) < 4.78 is 0. The van der Waals surface area contributed by atoms with Crippen molar-refractivity contribution >= 4 is 53.9 Å². The fourth-order valence-corrected chi connectivity index (χ4v) is 7.81. The third-order valence-electron chi connectivity index (χ3n) is 10.4. The van der Waals surface area contributed by atoms with Gasteiger partial charge in [-0.1, -0.05) is 170 Å². The van der Waals surface area contributed by atoms with Crippen molar-refractivity contribution in [2.45, 2.75) is 0 Å². The average molecular weight is 633 g/mol. The van der Waals surface area contributed by atoms with E-state index in [1.807, 2.05) is 0 Å². The Hall–Kier alpha value is -6.50. The van der Waals surface area contributed by atoms with Crippen LogP contribution in [0.15, 0.2) is 194 Å². The van der Waals surface area contributed by atoms with Crippen molar-refractivity contribution in [2.24, 2.45) is 0 Å². The number of rotatable bonds is 4. The lowest BCUT2D eigenvalue weighted by atomic mass is 9.92. The Bertz CT molecular complexity index is 2900. The number of fused-ring (bicyclic) bond motifs is 7. The molecular weight excluding hydrogens is 601 g/mol. The van der Waals surface area contributed by atoms with Gasteiger partial charge in [-0.25, -0.2) is 0 Å². The van der Waals surface area contributed by atoms with Gasteiger partial charge in [0, 0.05) is 0 Å². The summed E-state index contributed by atoms with van der Waals surface area (Å²) in [6, 6.07) is 71.3. The van der Waals surface area contributed by atoms with Crippen LogP contribution in [0.3, 0.4) is 0 Å². The van der Waals surface area contributed by atoms with Crippen molar-refractivity contribution in [3.05, 3.63) is 194 Å². The summed E-state index contributed by atoms with van der Waals surface area (Å²) in [7, 11) is 0. The lowest BCUT2D eigenvalue weighted by Gasteiger charge is -2.12. The molecule has 50 heavy (non-hydrogen) atoms. The fourth-order valence-electron chi connectivity index (χ4n) is 7.81. The van der Waals surface area contributed by atoms with Crippen LogP contribution in [-0.2, 0) is 0 Å². The van der Waals surface area contributed by atoms with Crippen molar-refractivity contribution in [3.8, 4) is 44.5 Å². The van der Waals surface area contributed by atoms with E-state index in [9.17, 15) is 0 Å². The van der Waals surface area contributed by atoms with Crippen molar-refractivity contribution in [3.63, 3.8) is 0 Å². The second-order valence-corrected chi connectivity index (χ2v) is 13.3. The van der Waals surface area contributed by atoms with Crippen LogP contribution < -0.4 is 0 Å². The van der Waals surface area contributed by atoms with Crippen LogP contribution in [-0.4, -0.2) is 0 Å². The fraction of sp³-hybridized carbons (Fsp3) is 0. The highest BCUT2D eigenvalue weighted by Gasteiger charge is 2.10. The maximum Gasteiger partial charge on any atom is -0.00990 e. The normalized spacial score (nSPS) is 11.6. The van der Waals surface area contributed by atoms with E-state index in [-0.39, 0.29) is 0 Å². The summed E-state index contributed by atoms with van der Waals surface area (Å²) in [5.41, 5.74) is 9.90. The maximum absolute atomic E-state index is 2.33. The highest BCUT2D eigenvalue weighted by Crippen LogP contribution is 2.37. The maximum atomic E-state index is 2.33. The second-order valence-electron chi connectivity index (χ2n) is 13.3. The monoisotopic (exact) mass is 632 g/mol. The molecule has 0 radical (unpaired) electrons. The Morgan fingerprint density at radius 1 is 0.180 bits per heavy atom. The molecule has 0 spiro atoms. The zero-order chi connectivity index (χ0) is 33.0. The van der Waals surface area contributed by atoms with Gasteiger partial charge in [-0.2, -0.15) is 0 Å². The van der Waals surface area contributed by atoms with E-state index in [0.29, 0.717) is 0 Å². The number of benzene rings is 10. The molecule has 0 unspecified atom stereocenters. The molecule has 10 aromatic rings. The molecule has 0 aliphatic rings. The summed E-state index contributed by atoms with van der Waals surface area (Å²) in [5.74, 6) is 0.